The lowest BCUT2D eigenvalue weighted by Gasteiger charge is -2.32. The first kappa shape index (κ1) is 29.0. The Balaban J connectivity index is 1.38. The predicted molar refractivity (Wildman–Crippen MR) is 164 cm³/mol. The highest BCUT2D eigenvalue weighted by atomic mass is 19.1. The number of carbonyl (C=O) groups is 3. The van der Waals surface area contributed by atoms with Gasteiger partial charge in [-0.2, -0.15) is 0 Å². The lowest BCUT2D eigenvalue weighted by molar-refractivity contribution is -0.141. The molecule has 0 aliphatic carbocycles. The van der Waals surface area contributed by atoms with Crippen molar-refractivity contribution in [2.24, 2.45) is 5.92 Å². The molecular formula is C35H36FN3O3. The first-order chi connectivity index (χ1) is 20.3. The van der Waals surface area contributed by atoms with Crippen molar-refractivity contribution in [3.63, 3.8) is 0 Å². The Labute approximate surface area is 246 Å². The van der Waals surface area contributed by atoms with E-state index in [9.17, 15) is 18.8 Å². The van der Waals surface area contributed by atoms with Gasteiger partial charge in [0, 0.05) is 49.0 Å². The molecule has 42 heavy (non-hydrogen) atoms. The summed E-state index contributed by atoms with van der Waals surface area (Å²) in [6, 6.07) is 26.6. The molecule has 7 heteroatoms. The zero-order valence-corrected chi connectivity index (χ0v) is 24.1. The van der Waals surface area contributed by atoms with E-state index < -0.39 is 11.9 Å². The fourth-order valence-corrected chi connectivity index (χ4v) is 5.52. The molecule has 1 heterocycles. The number of benzene rings is 4. The number of halogens is 1. The van der Waals surface area contributed by atoms with Crippen LogP contribution in [0.2, 0.25) is 0 Å². The highest BCUT2D eigenvalue weighted by molar-refractivity contribution is 6.25. The van der Waals surface area contributed by atoms with E-state index in [-0.39, 0.29) is 36.6 Å². The Hall–Kier alpha value is -4.52. The maximum Gasteiger partial charge on any atom is 0.258 e. The van der Waals surface area contributed by atoms with Crippen molar-refractivity contribution in [2.45, 2.75) is 45.7 Å². The van der Waals surface area contributed by atoms with E-state index in [1.54, 1.807) is 23.1 Å². The van der Waals surface area contributed by atoms with Crippen molar-refractivity contribution in [3.05, 3.63) is 114 Å². The molecule has 1 N–H and O–H groups in total. The molecule has 5 rings (SSSR count). The van der Waals surface area contributed by atoms with Crippen molar-refractivity contribution in [3.8, 4) is 0 Å². The van der Waals surface area contributed by atoms with Crippen LogP contribution in [-0.2, 0) is 22.6 Å². The van der Waals surface area contributed by atoms with E-state index >= 15 is 0 Å². The molecule has 0 radical (unpaired) electrons. The lowest BCUT2D eigenvalue weighted by Crippen LogP contribution is -2.51. The number of anilines is 1. The Morgan fingerprint density at radius 3 is 2.36 bits per heavy atom. The fraction of sp³-hybridized carbons (Fsp3) is 0.286. The third-order valence-electron chi connectivity index (χ3n) is 7.68. The zero-order chi connectivity index (χ0) is 29.6. The largest absolute Gasteiger partial charge is 0.354 e. The summed E-state index contributed by atoms with van der Waals surface area (Å²) in [4.78, 5) is 44.0. The highest BCUT2D eigenvalue weighted by Crippen LogP contribution is 2.37. The van der Waals surface area contributed by atoms with Gasteiger partial charge in [0.2, 0.25) is 11.8 Å². The maximum atomic E-state index is 14.8. The standard InChI is InChI=1S/C35H36FN3O3/c1-24(2)22-37-34(41)31(21-25-11-4-3-5-12-25)39(23-27-13-6-7-17-29(27)36)32(40)19-10-20-38-30-18-9-15-26-14-8-16-28(33(26)30)35(38)42/h3-9,11-18,24,31H,10,19-23H2,1-2H3,(H,37,41)/t31-/m0/s1. The van der Waals surface area contributed by atoms with Gasteiger partial charge < -0.3 is 15.1 Å². The molecule has 1 aliphatic rings. The summed E-state index contributed by atoms with van der Waals surface area (Å²) in [5.74, 6) is -0.804. The molecule has 0 unspecified atom stereocenters. The van der Waals surface area contributed by atoms with Gasteiger partial charge in [-0.15, -0.1) is 0 Å². The first-order valence-electron chi connectivity index (χ1n) is 14.5. The van der Waals surface area contributed by atoms with Gasteiger partial charge in [0.15, 0.2) is 0 Å². The number of nitrogens with one attached hydrogen (secondary N) is 1. The van der Waals surface area contributed by atoms with Crippen LogP contribution in [0.1, 0.15) is 48.2 Å². The third-order valence-corrected chi connectivity index (χ3v) is 7.68. The molecule has 6 nitrogen and oxygen atoms in total. The molecule has 4 aromatic carbocycles. The SMILES string of the molecule is CC(C)CNC(=O)[C@H](Cc1ccccc1)N(Cc1ccccc1F)C(=O)CCCN1C(=O)c2cccc3cccc1c23. The summed E-state index contributed by atoms with van der Waals surface area (Å²) in [6.07, 6.45) is 0.800. The van der Waals surface area contributed by atoms with Crippen molar-refractivity contribution in [2.75, 3.05) is 18.0 Å². The molecule has 1 aliphatic heterocycles. The quantitative estimate of drug-likeness (QED) is 0.225. The zero-order valence-electron chi connectivity index (χ0n) is 24.1. The van der Waals surface area contributed by atoms with Crippen LogP contribution in [-0.4, -0.2) is 41.8 Å². The normalized spacial score (nSPS) is 13.0. The number of rotatable bonds is 12. The fourth-order valence-electron chi connectivity index (χ4n) is 5.52. The van der Waals surface area contributed by atoms with Crippen molar-refractivity contribution < 1.29 is 18.8 Å². The van der Waals surface area contributed by atoms with E-state index in [1.165, 1.54) is 11.0 Å². The minimum absolute atomic E-state index is 0.0362. The summed E-state index contributed by atoms with van der Waals surface area (Å²) < 4.78 is 14.8. The minimum atomic E-state index is -0.829. The second-order valence-corrected chi connectivity index (χ2v) is 11.2. The van der Waals surface area contributed by atoms with Gasteiger partial charge in [-0.05, 0) is 41.5 Å². The Kier molecular flexibility index (Phi) is 8.96. The maximum absolute atomic E-state index is 14.8. The van der Waals surface area contributed by atoms with Crippen LogP contribution in [0, 0.1) is 11.7 Å². The van der Waals surface area contributed by atoms with Gasteiger partial charge in [0.1, 0.15) is 11.9 Å². The molecule has 0 saturated carbocycles. The topological polar surface area (TPSA) is 69.7 Å². The number of carbonyl (C=O) groups excluding carboxylic acids is 3. The summed E-state index contributed by atoms with van der Waals surface area (Å²) >= 11 is 0. The molecular weight excluding hydrogens is 529 g/mol. The van der Waals surface area contributed by atoms with Crippen molar-refractivity contribution >= 4 is 34.2 Å². The number of nitrogens with zero attached hydrogens (tertiary/aromatic N) is 2. The Morgan fingerprint density at radius 1 is 0.905 bits per heavy atom. The van der Waals surface area contributed by atoms with Gasteiger partial charge in [0.05, 0.1) is 5.69 Å². The predicted octanol–water partition coefficient (Wildman–Crippen LogP) is 6.13. The van der Waals surface area contributed by atoms with Crippen LogP contribution in [0.3, 0.4) is 0 Å². The third kappa shape index (κ3) is 6.35. The van der Waals surface area contributed by atoms with Gasteiger partial charge in [-0.3, -0.25) is 14.4 Å². The number of amides is 3. The van der Waals surface area contributed by atoms with Crippen LogP contribution in [0.4, 0.5) is 10.1 Å². The Bertz CT molecular complexity index is 1580. The highest BCUT2D eigenvalue weighted by Gasteiger charge is 2.32. The van der Waals surface area contributed by atoms with Crippen molar-refractivity contribution in [1.82, 2.24) is 10.2 Å². The van der Waals surface area contributed by atoms with E-state index in [4.69, 9.17) is 0 Å². The van der Waals surface area contributed by atoms with Gasteiger partial charge >= 0.3 is 0 Å². The Morgan fingerprint density at radius 2 is 1.62 bits per heavy atom. The lowest BCUT2D eigenvalue weighted by atomic mass is 10.0. The van der Waals surface area contributed by atoms with Gasteiger partial charge in [0.25, 0.3) is 5.91 Å². The second kappa shape index (κ2) is 13.0. The average molecular weight is 566 g/mol. The number of hydrogen-bond donors (Lipinski definition) is 1. The summed E-state index contributed by atoms with van der Waals surface area (Å²) in [5.41, 5.74) is 2.76. The van der Waals surface area contributed by atoms with Crippen LogP contribution >= 0.6 is 0 Å². The molecule has 4 aromatic rings. The van der Waals surface area contributed by atoms with Gasteiger partial charge in [-0.1, -0.05) is 86.6 Å². The molecule has 0 bridgehead atoms. The van der Waals surface area contributed by atoms with Gasteiger partial charge in [-0.25, -0.2) is 4.39 Å². The van der Waals surface area contributed by atoms with E-state index in [0.29, 0.717) is 37.1 Å². The van der Waals surface area contributed by atoms with E-state index in [1.807, 2.05) is 80.6 Å². The molecule has 0 saturated heterocycles. The van der Waals surface area contributed by atoms with Crippen LogP contribution in [0.25, 0.3) is 10.8 Å². The number of hydrogen-bond acceptors (Lipinski definition) is 3. The molecule has 0 aromatic heterocycles. The van der Waals surface area contributed by atoms with E-state index in [2.05, 4.69) is 5.32 Å². The van der Waals surface area contributed by atoms with Crippen LogP contribution in [0.5, 0.6) is 0 Å². The molecule has 216 valence electrons. The van der Waals surface area contributed by atoms with Crippen LogP contribution < -0.4 is 10.2 Å². The smallest absolute Gasteiger partial charge is 0.258 e. The molecule has 1 atom stereocenters. The van der Waals surface area contributed by atoms with Crippen LogP contribution in [0.15, 0.2) is 91.0 Å². The van der Waals surface area contributed by atoms with Crippen molar-refractivity contribution in [1.29, 1.82) is 0 Å². The molecule has 0 spiro atoms. The first-order valence-corrected chi connectivity index (χ1v) is 14.5. The van der Waals surface area contributed by atoms with E-state index in [0.717, 1.165) is 22.0 Å². The summed E-state index contributed by atoms with van der Waals surface area (Å²) in [7, 11) is 0. The summed E-state index contributed by atoms with van der Waals surface area (Å²) in [5, 5.41) is 4.92. The minimum Gasteiger partial charge on any atom is -0.354 e. The second-order valence-electron chi connectivity index (χ2n) is 11.2. The monoisotopic (exact) mass is 565 g/mol. The molecule has 3 amide bonds. The average Bonchev–Trinajstić information content (AvgIpc) is 3.27. The summed E-state index contributed by atoms with van der Waals surface area (Å²) in [6.45, 7) is 4.80. The molecule has 0 fully saturated rings.